The number of hydrogen-bond donors (Lipinski definition) is 2. The maximum absolute atomic E-state index is 11.9. The molecule has 0 bridgehead atoms. The monoisotopic (exact) mass is 359 g/mol. The van der Waals surface area contributed by atoms with E-state index in [0.717, 1.165) is 11.5 Å². The summed E-state index contributed by atoms with van der Waals surface area (Å²) in [7, 11) is 0. The average molecular weight is 360 g/mol. The molecule has 22 heavy (non-hydrogen) atoms. The number of nitrogens with two attached hydrogens (primary N) is 1. The van der Waals surface area contributed by atoms with Crippen LogP contribution in [0.25, 0.3) is 0 Å². The molecule has 1 heterocycles. The number of amides is 1. The van der Waals surface area contributed by atoms with Gasteiger partial charge in [-0.25, -0.2) is 4.79 Å². The highest BCUT2D eigenvalue weighted by Gasteiger charge is 2.19. The molecule has 1 aromatic heterocycles. The molecule has 2 rings (SSSR count). The van der Waals surface area contributed by atoms with E-state index in [1.54, 1.807) is 6.92 Å². The first kappa shape index (κ1) is 16.5. The number of anilines is 2. The first-order chi connectivity index (χ1) is 10.4. The summed E-state index contributed by atoms with van der Waals surface area (Å²) in [5.41, 5.74) is 6.69. The molecule has 2 aromatic rings. The van der Waals surface area contributed by atoms with Crippen LogP contribution in [0.1, 0.15) is 16.1 Å². The highest BCUT2D eigenvalue weighted by atomic mass is 35.5. The fourth-order valence-electron chi connectivity index (χ4n) is 1.66. The molecular weight excluding hydrogens is 349 g/mol. The molecular formula is C13H11Cl2N3O3S. The summed E-state index contributed by atoms with van der Waals surface area (Å²) in [5, 5.41) is 3.54. The molecule has 0 radical (unpaired) electrons. The number of benzene rings is 1. The second-order valence-corrected chi connectivity index (χ2v) is 5.97. The van der Waals surface area contributed by atoms with Crippen molar-refractivity contribution in [3.63, 3.8) is 0 Å². The van der Waals surface area contributed by atoms with Crippen LogP contribution < -0.4 is 11.1 Å². The fourth-order valence-corrected chi connectivity index (χ4v) is 2.84. The van der Waals surface area contributed by atoms with E-state index >= 15 is 0 Å². The summed E-state index contributed by atoms with van der Waals surface area (Å²) < 4.78 is 8.85. The van der Waals surface area contributed by atoms with Crippen LogP contribution in [0, 0.1) is 6.92 Å². The van der Waals surface area contributed by atoms with Crippen molar-refractivity contribution in [2.24, 2.45) is 0 Å². The van der Waals surface area contributed by atoms with Crippen molar-refractivity contribution in [1.82, 2.24) is 4.37 Å². The molecule has 0 atom stereocenters. The Labute approximate surface area is 140 Å². The van der Waals surface area contributed by atoms with E-state index < -0.39 is 18.5 Å². The van der Waals surface area contributed by atoms with E-state index in [1.807, 2.05) is 0 Å². The van der Waals surface area contributed by atoms with E-state index in [0.29, 0.717) is 21.4 Å². The minimum absolute atomic E-state index is 0.184. The number of carbonyl (C=O) groups is 2. The average Bonchev–Trinajstić information content (AvgIpc) is 2.74. The second kappa shape index (κ2) is 6.95. The molecule has 0 saturated heterocycles. The summed E-state index contributed by atoms with van der Waals surface area (Å²) in [6, 6.07) is 4.59. The Balaban J connectivity index is 1.94. The first-order valence-electron chi connectivity index (χ1n) is 6.01. The standard InChI is InChI=1S/C13H11Cl2N3O3S/c1-6-11(12(16)22-18-6)13(20)21-5-10(19)17-9-3-7(14)2-8(15)4-9/h2-4H,5,16H2,1H3,(H,17,19). The molecule has 0 aliphatic heterocycles. The summed E-state index contributed by atoms with van der Waals surface area (Å²) >= 11 is 12.6. The topological polar surface area (TPSA) is 94.3 Å². The Morgan fingerprint density at radius 2 is 1.95 bits per heavy atom. The molecule has 0 spiro atoms. The number of aromatic nitrogens is 1. The number of ether oxygens (including phenoxy) is 1. The summed E-state index contributed by atoms with van der Waals surface area (Å²) in [6.45, 7) is 1.18. The van der Waals surface area contributed by atoms with E-state index in [1.165, 1.54) is 18.2 Å². The van der Waals surface area contributed by atoms with Gasteiger partial charge in [-0.1, -0.05) is 23.2 Å². The van der Waals surface area contributed by atoms with Crippen LogP contribution in [0.4, 0.5) is 10.7 Å². The van der Waals surface area contributed by atoms with Gasteiger partial charge in [0.15, 0.2) is 6.61 Å². The van der Waals surface area contributed by atoms with Crippen LogP contribution in [0.15, 0.2) is 18.2 Å². The maximum atomic E-state index is 11.9. The van der Waals surface area contributed by atoms with Gasteiger partial charge in [0.25, 0.3) is 5.91 Å². The van der Waals surface area contributed by atoms with Crippen LogP contribution in [0.5, 0.6) is 0 Å². The van der Waals surface area contributed by atoms with Gasteiger partial charge in [0.2, 0.25) is 0 Å². The summed E-state index contributed by atoms with van der Waals surface area (Å²) in [6.07, 6.45) is 0. The lowest BCUT2D eigenvalue weighted by atomic mass is 10.2. The number of nitrogen functional groups attached to an aromatic ring is 1. The Hall–Kier alpha value is -1.83. The first-order valence-corrected chi connectivity index (χ1v) is 7.54. The lowest BCUT2D eigenvalue weighted by molar-refractivity contribution is -0.119. The van der Waals surface area contributed by atoms with Crippen molar-refractivity contribution < 1.29 is 14.3 Å². The molecule has 0 saturated carbocycles. The highest BCUT2D eigenvalue weighted by Crippen LogP contribution is 2.23. The third kappa shape index (κ3) is 4.09. The lowest BCUT2D eigenvalue weighted by Crippen LogP contribution is -2.21. The molecule has 0 aliphatic carbocycles. The van der Waals surface area contributed by atoms with Crippen LogP contribution >= 0.6 is 34.7 Å². The Morgan fingerprint density at radius 1 is 1.32 bits per heavy atom. The normalized spacial score (nSPS) is 10.3. The van der Waals surface area contributed by atoms with E-state index in [4.69, 9.17) is 33.7 Å². The smallest absolute Gasteiger partial charge is 0.343 e. The molecule has 0 aliphatic rings. The van der Waals surface area contributed by atoms with Crippen molar-refractivity contribution >= 4 is 57.3 Å². The number of nitrogens with one attached hydrogen (secondary N) is 1. The molecule has 3 N–H and O–H groups in total. The van der Waals surface area contributed by atoms with Gasteiger partial charge in [0.05, 0.1) is 5.69 Å². The van der Waals surface area contributed by atoms with Crippen LogP contribution in [-0.4, -0.2) is 22.9 Å². The number of halogens is 2. The van der Waals surface area contributed by atoms with Gasteiger partial charge in [-0.05, 0) is 36.7 Å². The van der Waals surface area contributed by atoms with Crippen LogP contribution in [0.2, 0.25) is 10.0 Å². The molecule has 0 fully saturated rings. The number of aryl methyl sites for hydroxylation is 1. The minimum Gasteiger partial charge on any atom is -0.452 e. The number of esters is 1. The van der Waals surface area contributed by atoms with Gasteiger partial charge in [-0.3, -0.25) is 4.79 Å². The predicted molar refractivity (Wildman–Crippen MR) is 86.6 cm³/mol. The number of rotatable bonds is 4. The maximum Gasteiger partial charge on any atom is 0.343 e. The molecule has 0 unspecified atom stereocenters. The quantitative estimate of drug-likeness (QED) is 0.817. The summed E-state index contributed by atoms with van der Waals surface area (Å²) in [5.74, 6) is -1.21. The van der Waals surface area contributed by atoms with Gasteiger partial charge in [0.1, 0.15) is 10.6 Å². The van der Waals surface area contributed by atoms with Crippen molar-refractivity contribution in [2.75, 3.05) is 17.7 Å². The Kier molecular flexibility index (Phi) is 5.23. The highest BCUT2D eigenvalue weighted by molar-refractivity contribution is 7.10. The van der Waals surface area contributed by atoms with Crippen molar-refractivity contribution in [3.05, 3.63) is 39.5 Å². The lowest BCUT2D eigenvalue weighted by Gasteiger charge is -2.07. The molecule has 1 amide bonds. The van der Waals surface area contributed by atoms with Gasteiger partial charge >= 0.3 is 5.97 Å². The van der Waals surface area contributed by atoms with Crippen LogP contribution in [-0.2, 0) is 9.53 Å². The molecule has 6 nitrogen and oxygen atoms in total. The number of hydrogen-bond acceptors (Lipinski definition) is 6. The molecule has 116 valence electrons. The SMILES string of the molecule is Cc1nsc(N)c1C(=O)OCC(=O)Nc1cc(Cl)cc(Cl)c1. The van der Waals surface area contributed by atoms with Crippen LogP contribution in [0.3, 0.4) is 0 Å². The Morgan fingerprint density at radius 3 is 2.50 bits per heavy atom. The Bertz CT molecular complexity index is 694. The third-order valence-corrected chi connectivity index (χ3v) is 3.78. The van der Waals surface area contributed by atoms with Gasteiger partial charge in [0, 0.05) is 15.7 Å². The van der Waals surface area contributed by atoms with E-state index in [-0.39, 0.29) is 10.6 Å². The predicted octanol–water partition coefficient (Wildman–Crippen LogP) is 3.14. The molecule has 9 heteroatoms. The van der Waals surface area contributed by atoms with E-state index in [2.05, 4.69) is 9.69 Å². The van der Waals surface area contributed by atoms with E-state index in [9.17, 15) is 9.59 Å². The zero-order valence-corrected chi connectivity index (χ0v) is 13.7. The minimum atomic E-state index is -0.692. The second-order valence-electron chi connectivity index (χ2n) is 4.29. The van der Waals surface area contributed by atoms with Gasteiger partial charge in [-0.15, -0.1) is 0 Å². The largest absolute Gasteiger partial charge is 0.452 e. The summed E-state index contributed by atoms with van der Waals surface area (Å²) in [4.78, 5) is 23.6. The number of carbonyl (C=O) groups excluding carboxylic acids is 2. The fraction of sp³-hybridized carbons (Fsp3) is 0.154. The zero-order valence-electron chi connectivity index (χ0n) is 11.4. The van der Waals surface area contributed by atoms with Gasteiger partial charge < -0.3 is 15.8 Å². The number of nitrogens with zero attached hydrogens (tertiary/aromatic N) is 1. The molecule has 1 aromatic carbocycles. The van der Waals surface area contributed by atoms with Crippen molar-refractivity contribution in [1.29, 1.82) is 0 Å². The van der Waals surface area contributed by atoms with Crippen molar-refractivity contribution in [3.8, 4) is 0 Å². The van der Waals surface area contributed by atoms with Crippen molar-refractivity contribution in [2.45, 2.75) is 6.92 Å². The third-order valence-electron chi connectivity index (χ3n) is 2.57. The van der Waals surface area contributed by atoms with Gasteiger partial charge in [-0.2, -0.15) is 4.37 Å². The zero-order chi connectivity index (χ0) is 16.3.